The second-order valence-electron chi connectivity index (χ2n) is 9.31. The first-order chi connectivity index (χ1) is 14.7. The molecule has 0 aromatic heterocycles. The maximum atomic E-state index is 13.8. The fraction of sp³-hybridized carbons (Fsp3) is 0.950. The third-order valence-corrected chi connectivity index (χ3v) is 7.91. The van der Waals surface area contributed by atoms with Crippen molar-refractivity contribution in [3.63, 3.8) is 0 Å². The van der Waals surface area contributed by atoms with Crippen molar-refractivity contribution < 1.29 is 22.7 Å². The molecule has 1 amide bonds. The van der Waals surface area contributed by atoms with Gasteiger partial charge in [-0.05, 0) is 51.0 Å². The van der Waals surface area contributed by atoms with Gasteiger partial charge >= 0.3 is 12.3 Å². The number of alkyl halides is 4. The number of carbonyl (C=O) groups is 1. The maximum absolute atomic E-state index is 13.8. The summed E-state index contributed by atoms with van der Waals surface area (Å²) in [6.45, 7) is 1.86. The molecule has 4 aliphatic rings. The number of hydrogen-bond acceptors (Lipinski definition) is 6. The van der Waals surface area contributed by atoms with Gasteiger partial charge in [0.05, 0.1) is 18.8 Å². The molecule has 4 unspecified atom stereocenters. The SMILES string of the molecule is COC(=O)N(C)[C@@H](C1CCC(N2CCCC3C2CNC2CC(Cl)NN23)CC1)C(F)(F)F. The van der Waals surface area contributed by atoms with Crippen LogP contribution >= 0.6 is 11.6 Å². The van der Waals surface area contributed by atoms with Gasteiger partial charge in [-0.25, -0.2) is 15.2 Å². The van der Waals surface area contributed by atoms with Crippen molar-refractivity contribution >= 4 is 17.7 Å². The lowest BCUT2D eigenvalue weighted by Gasteiger charge is -2.53. The van der Waals surface area contributed by atoms with Crippen molar-refractivity contribution in [2.75, 3.05) is 27.2 Å². The van der Waals surface area contributed by atoms with Gasteiger partial charge in [0.2, 0.25) is 0 Å². The van der Waals surface area contributed by atoms with Crippen LogP contribution in [0.25, 0.3) is 0 Å². The van der Waals surface area contributed by atoms with Gasteiger partial charge in [-0.15, -0.1) is 11.6 Å². The molecule has 0 bridgehead atoms. The van der Waals surface area contributed by atoms with Crippen LogP contribution in [0.1, 0.15) is 44.9 Å². The molecule has 0 spiro atoms. The Bertz CT molecular complexity index is 649. The molecule has 0 aromatic rings. The van der Waals surface area contributed by atoms with E-state index in [0.29, 0.717) is 42.7 Å². The topological polar surface area (TPSA) is 60.1 Å². The largest absolute Gasteiger partial charge is 0.453 e. The van der Waals surface area contributed by atoms with Gasteiger partial charge in [-0.3, -0.25) is 15.1 Å². The maximum Gasteiger partial charge on any atom is 0.409 e. The van der Waals surface area contributed by atoms with Crippen molar-refractivity contribution in [1.82, 2.24) is 25.6 Å². The van der Waals surface area contributed by atoms with E-state index in [0.717, 1.165) is 39.5 Å². The van der Waals surface area contributed by atoms with E-state index in [4.69, 9.17) is 11.6 Å². The standard InChI is InChI=1S/C20H33ClF3N5O2/c1-27(19(30)31-2)18(20(22,23)24)12-5-7-13(8-6-12)28-9-3-4-14-15(28)11-25-17-10-16(21)26-29(14)17/h12-18,25-26H,3-11H2,1-2H3/t12?,13?,14?,15?,16?,17?,18-/m0/s1. The lowest BCUT2D eigenvalue weighted by Crippen LogP contribution is -2.70. The van der Waals surface area contributed by atoms with Gasteiger partial charge in [-0.1, -0.05) is 0 Å². The van der Waals surface area contributed by atoms with Gasteiger partial charge < -0.3 is 4.74 Å². The number of hydrogen-bond donors (Lipinski definition) is 2. The summed E-state index contributed by atoms with van der Waals surface area (Å²) in [4.78, 5) is 15.0. The van der Waals surface area contributed by atoms with Gasteiger partial charge in [-0.2, -0.15) is 13.2 Å². The molecule has 2 N–H and O–H groups in total. The van der Waals surface area contributed by atoms with E-state index >= 15 is 0 Å². The highest BCUT2D eigenvalue weighted by Gasteiger charge is 2.51. The number of ether oxygens (including phenoxy) is 1. The van der Waals surface area contributed by atoms with Crippen LogP contribution in [0.5, 0.6) is 0 Å². The van der Waals surface area contributed by atoms with Crippen molar-refractivity contribution in [2.45, 2.75) is 87.0 Å². The minimum Gasteiger partial charge on any atom is -0.453 e. The van der Waals surface area contributed by atoms with Gasteiger partial charge in [0, 0.05) is 38.1 Å². The number of rotatable bonds is 3. The average Bonchev–Trinajstić information content (AvgIpc) is 3.13. The summed E-state index contributed by atoms with van der Waals surface area (Å²) < 4.78 is 45.9. The number of nitrogens with zero attached hydrogens (tertiary/aromatic N) is 3. The van der Waals surface area contributed by atoms with Crippen LogP contribution in [-0.2, 0) is 4.74 Å². The monoisotopic (exact) mass is 467 g/mol. The zero-order chi connectivity index (χ0) is 22.3. The molecule has 1 aliphatic carbocycles. The third-order valence-electron chi connectivity index (χ3n) is 7.63. The molecular weight excluding hydrogens is 435 g/mol. The van der Waals surface area contributed by atoms with E-state index < -0.39 is 24.2 Å². The number of fused-ring (bicyclic) bond motifs is 3. The number of nitrogens with one attached hydrogen (secondary N) is 2. The Labute approximate surface area is 186 Å². The van der Waals surface area contributed by atoms with E-state index in [9.17, 15) is 18.0 Å². The number of carbonyl (C=O) groups excluding carboxylic acids is 1. The van der Waals surface area contributed by atoms with E-state index in [1.807, 2.05) is 0 Å². The second-order valence-corrected chi connectivity index (χ2v) is 9.84. The Morgan fingerprint density at radius 3 is 2.55 bits per heavy atom. The van der Waals surface area contributed by atoms with Crippen LogP contribution < -0.4 is 10.7 Å². The highest BCUT2D eigenvalue weighted by Crippen LogP contribution is 2.41. The zero-order valence-electron chi connectivity index (χ0n) is 18.1. The predicted octanol–water partition coefficient (Wildman–Crippen LogP) is 2.71. The summed E-state index contributed by atoms with van der Waals surface area (Å²) in [6.07, 6.45) is 0.205. The van der Waals surface area contributed by atoms with Crippen LogP contribution in [0.4, 0.5) is 18.0 Å². The number of hydrazine groups is 1. The molecule has 31 heavy (non-hydrogen) atoms. The Kier molecular flexibility index (Phi) is 6.94. The Morgan fingerprint density at radius 1 is 1.19 bits per heavy atom. The summed E-state index contributed by atoms with van der Waals surface area (Å²) in [7, 11) is 2.29. The van der Waals surface area contributed by atoms with E-state index in [1.54, 1.807) is 0 Å². The Hall–Kier alpha value is -0.810. The molecule has 1 saturated carbocycles. The number of piperidine rings is 1. The molecule has 4 fully saturated rings. The Morgan fingerprint density at radius 2 is 1.90 bits per heavy atom. The number of halogens is 4. The Balaban J connectivity index is 1.40. The summed E-state index contributed by atoms with van der Waals surface area (Å²) >= 11 is 6.31. The number of amides is 1. The minimum atomic E-state index is -4.47. The first-order valence-electron chi connectivity index (χ1n) is 11.3. The lowest BCUT2D eigenvalue weighted by atomic mass is 9.78. The fourth-order valence-electron chi connectivity index (χ4n) is 6.28. The third kappa shape index (κ3) is 4.64. The summed E-state index contributed by atoms with van der Waals surface area (Å²) in [5.74, 6) is -0.605. The zero-order valence-corrected chi connectivity index (χ0v) is 18.8. The molecule has 178 valence electrons. The van der Waals surface area contributed by atoms with Crippen LogP contribution in [-0.4, -0.2) is 90.2 Å². The van der Waals surface area contributed by atoms with E-state index in [1.165, 1.54) is 7.05 Å². The van der Waals surface area contributed by atoms with Gasteiger partial charge in [0.25, 0.3) is 0 Å². The molecule has 0 radical (unpaired) electrons. The molecule has 3 saturated heterocycles. The van der Waals surface area contributed by atoms with Crippen LogP contribution in [0, 0.1) is 5.92 Å². The molecule has 7 nitrogen and oxygen atoms in total. The van der Waals surface area contributed by atoms with Gasteiger partial charge in [0.1, 0.15) is 6.04 Å². The molecule has 0 aromatic carbocycles. The van der Waals surface area contributed by atoms with Crippen molar-refractivity contribution in [3.8, 4) is 0 Å². The quantitative estimate of drug-likeness (QED) is 0.491. The van der Waals surface area contributed by atoms with Crippen molar-refractivity contribution in [3.05, 3.63) is 0 Å². The molecule has 4 rings (SSSR count). The van der Waals surface area contributed by atoms with Crippen molar-refractivity contribution in [2.24, 2.45) is 5.92 Å². The van der Waals surface area contributed by atoms with E-state index in [2.05, 4.69) is 25.4 Å². The minimum absolute atomic E-state index is 0.0619. The predicted molar refractivity (Wildman–Crippen MR) is 110 cm³/mol. The molecule has 3 aliphatic heterocycles. The normalized spacial score (nSPS) is 38.3. The van der Waals surface area contributed by atoms with Crippen LogP contribution in [0.3, 0.4) is 0 Å². The van der Waals surface area contributed by atoms with Crippen LogP contribution in [0.2, 0.25) is 0 Å². The number of likely N-dealkylation sites (tertiary alicyclic amines) is 1. The first-order valence-corrected chi connectivity index (χ1v) is 11.7. The second kappa shape index (κ2) is 9.21. The molecule has 3 heterocycles. The molecule has 11 heteroatoms. The highest BCUT2D eigenvalue weighted by molar-refractivity contribution is 6.20. The summed E-state index contributed by atoms with van der Waals surface area (Å²) in [6, 6.07) is -0.831. The highest BCUT2D eigenvalue weighted by atomic mass is 35.5. The molecular formula is C20H33ClF3N5O2. The smallest absolute Gasteiger partial charge is 0.409 e. The van der Waals surface area contributed by atoms with Crippen molar-refractivity contribution in [1.29, 1.82) is 0 Å². The number of methoxy groups -OCH3 is 1. The average molecular weight is 468 g/mol. The first kappa shape index (κ1) is 23.4. The van der Waals surface area contributed by atoms with E-state index in [-0.39, 0.29) is 17.7 Å². The summed E-state index contributed by atoms with van der Waals surface area (Å²) in [5, 5.41) is 5.86. The molecule has 5 atom stereocenters. The summed E-state index contributed by atoms with van der Waals surface area (Å²) in [5.41, 5.74) is 3.32. The van der Waals surface area contributed by atoms with Crippen LogP contribution in [0.15, 0.2) is 0 Å². The fourth-order valence-corrected chi connectivity index (χ4v) is 6.56. The van der Waals surface area contributed by atoms with Gasteiger partial charge in [0.15, 0.2) is 0 Å². The lowest BCUT2D eigenvalue weighted by molar-refractivity contribution is -0.193.